The van der Waals surface area contributed by atoms with Gasteiger partial charge < -0.3 is 0 Å². The van der Waals surface area contributed by atoms with Crippen molar-refractivity contribution >= 4 is 22.4 Å². The summed E-state index contributed by atoms with van der Waals surface area (Å²) in [6, 6.07) is 5.34. The number of aromatic nitrogens is 3. The van der Waals surface area contributed by atoms with Gasteiger partial charge in [-0.2, -0.15) is 0 Å². The van der Waals surface area contributed by atoms with Gasteiger partial charge in [-0.3, -0.25) is 10.1 Å². The molecular formula is C13H16N4OS. The van der Waals surface area contributed by atoms with E-state index in [1.165, 1.54) is 11.3 Å². The quantitative estimate of drug-likeness (QED) is 0.911. The highest BCUT2D eigenvalue weighted by Gasteiger charge is 2.11. The fraction of sp³-hybridized carbons (Fsp3) is 0.385. The van der Waals surface area contributed by atoms with Crippen molar-refractivity contribution in [2.24, 2.45) is 0 Å². The molecule has 6 heteroatoms. The Labute approximate surface area is 116 Å². The van der Waals surface area contributed by atoms with Crippen LogP contribution in [0.1, 0.15) is 41.0 Å². The second-order valence-electron chi connectivity index (χ2n) is 4.22. The van der Waals surface area contributed by atoms with Gasteiger partial charge in [-0.15, -0.1) is 10.2 Å². The number of rotatable bonds is 5. The van der Waals surface area contributed by atoms with Crippen molar-refractivity contribution in [2.75, 3.05) is 5.32 Å². The Balaban J connectivity index is 2.00. The van der Waals surface area contributed by atoms with E-state index >= 15 is 0 Å². The zero-order valence-electron chi connectivity index (χ0n) is 11.0. The van der Waals surface area contributed by atoms with Crippen molar-refractivity contribution < 1.29 is 4.79 Å². The molecule has 0 aromatic carbocycles. The molecule has 2 aromatic heterocycles. The lowest BCUT2D eigenvalue weighted by molar-refractivity contribution is 0.102. The summed E-state index contributed by atoms with van der Waals surface area (Å²) >= 11 is 1.42. The van der Waals surface area contributed by atoms with Crippen LogP contribution >= 0.6 is 11.3 Å². The van der Waals surface area contributed by atoms with E-state index in [1.807, 2.05) is 19.1 Å². The highest BCUT2D eigenvalue weighted by Crippen LogP contribution is 2.17. The normalized spacial score (nSPS) is 10.4. The molecule has 0 unspecified atom stereocenters. The fourth-order valence-corrected chi connectivity index (χ4v) is 2.34. The van der Waals surface area contributed by atoms with Crippen molar-refractivity contribution in [1.82, 2.24) is 15.2 Å². The molecule has 0 saturated carbocycles. The molecule has 19 heavy (non-hydrogen) atoms. The van der Waals surface area contributed by atoms with Gasteiger partial charge in [0, 0.05) is 12.1 Å². The Bertz CT molecular complexity index is 567. The van der Waals surface area contributed by atoms with Crippen LogP contribution in [0.5, 0.6) is 0 Å². The lowest BCUT2D eigenvalue weighted by atomic mass is 10.3. The van der Waals surface area contributed by atoms with Crippen LogP contribution in [-0.2, 0) is 6.42 Å². The van der Waals surface area contributed by atoms with Gasteiger partial charge in [-0.05, 0) is 25.5 Å². The van der Waals surface area contributed by atoms with Crippen LogP contribution < -0.4 is 5.32 Å². The Morgan fingerprint density at radius 1 is 1.37 bits per heavy atom. The average molecular weight is 276 g/mol. The van der Waals surface area contributed by atoms with E-state index in [0.29, 0.717) is 10.8 Å². The summed E-state index contributed by atoms with van der Waals surface area (Å²) < 4.78 is 0. The van der Waals surface area contributed by atoms with Gasteiger partial charge in [0.15, 0.2) is 0 Å². The van der Waals surface area contributed by atoms with Gasteiger partial charge in [0.05, 0.1) is 0 Å². The first kappa shape index (κ1) is 13.6. The van der Waals surface area contributed by atoms with Gasteiger partial charge in [-0.25, -0.2) is 4.98 Å². The lowest BCUT2D eigenvalue weighted by Crippen LogP contribution is -2.13. The number of hydrogen-bond donors (Lipinski definition) is 1. The van der Waals surface area contributed by atoms with E-state index in [1.54, 1.807) is 6.07 Å². The molecule has 0 radical (unpaired) electrons. The molecule has 0 spiro atoms. The van der Waals surface area contributed by atoms with Crippen molar-refractivity contribution in [3.8, 4) is 0 Å². The zero-order chi connectivity index (χ0) is 13.7. The molecule has 2 aromatic rings. The fourth-order valence-electron chi connectivity index (χ4n) is 1.56. The van der Waals surface area contributed by atoms with Crippen LogP contribution in [0.2, 0.25) is 0 Å². The third-order valence-corrected chi connectivity index (χ3v) is 3.45. The molecule has 2 rings (SSSR count). The maximum Gasteiger partial charge on any atom is 0.276 e. The summed E-state index contributed by atoms with van der Waals surface area (Å²) in [6.07, 6.45) is 3.11. The molecule has 0 aliphatic heterocycles. The zero-order valence-corrected chi connectivity index (χ0v) is 11.8. The van der Waals surface area contributed by atoms with Crippen LogP contribution in [0.25, 0.3) is 0 Å². The summed E-state index contributed by atoms with van der Waals surface area (Å²) in [5, 5.41) is 12.2. The van der Waals surface area contributed by atoms with Crippen LogP contribution in [-0.4, -0.2) is 21.1 Å². The summed E-state index contributed by atoms with van der Waals surface area (Å²) in [7, 11) is 0. The predicted octanol–water partition coefficient (Wildman–Crippen LogP) is 2.84. The molecule has 1 amide bonds. The van der Waals surface area contributed by atoms with Crippen molar-refractivity contribution in [1.29, 1.82) is 0 Å². The number of pyridine rings is 1. The summed E-state index contributed by atoms with van der Waals surface area (Å²) in [4.78, 5) is 16.1. The first-order chi connectivity index (χ1) is 9.19. The van der Waals surface area contributed by atoms with Crippen molar-refractivity contribution in [2.45, 2.75) is 33.1 Å². The van der Waals surface area contributed by atoms with E-state index < -0.39 is 0 Å². The number of unbranched alkanes of at least 4 members (excludes halogenated alkanes) is 1. The Kier molecular flexibility index (Phi) is 4.57. The summed E-state index contributed by atoms with van der Waals surface area (Å²) in [5.74, 6) is -0.248. The first-order valence-electron chi connectivity index (χ1n) is 6.26. The van der Waals surface area contributed by atoms with E-state index in [2.05, 4.69) is 27.4 Å². The van der Waals surface area contributed by atoms with Gasteiger partial charge in [0.25, 0.3) is 5.91 Å². The molecule has 0 bridgehead atoms. The molecule has 0 fully saturated rings. The van der Waals surface area contributed by atoms with E-state index in [4.69, 9.17) is 0 Å². The van der Waals surface area contributed by atoms with Crippen molar-refractivity contribution in [3.63, 3.8) is 0 Å². The molecule has 0 saturated heterocycles. The molecule has 0 aliphatic rings. The van der Waals surface area contributed by atoms with Crippen LogP contribution in [0.15, 0.2) is 18.2 Å². The maximum atomic E-state index is 12.0. The summed E-state index contributed by atoms with van der Waals surface area (Å²) in [5.41, 5.74) is 1.21. The summed E-state index contributed by atoms with van der Waals surface area (Å²) in [6.45, 7) is 3.98. The smallest absolute Gasteiger partial charge is 0.276 e. The highest BCUT2D eigenvalue weighted by atomic mass is 32.1. The van der Waals surface area contributed by atoms with Gasteiger partial charge in [0.2, 0.25) is 5.13 Å². The van der Waals surface area contributed by atoms with E-state index in [0.717, 1.165) is 30.0 Å². The molecule has 1 N–H and O–H groups in total. The SMILES string of the molecule is CCCCc1nnc(NC(=O)c2cccc(C)n2)s1. The molecule has 0 atom stereocenters. The minimum absolute atomic E-state index is 0.248. The Morgan fingerprint density at radius 2 is 2.21 bits per heavy atom. The Morgan fingerprint density at radius 3 is 2.95 bits per heavy atom. The molecule has 0 aliphatic carbocycles. The number of anilines is 1. The molecule has 5 nitrogen and oxygen atoms in total. The largest absolute Gasteiger partial charge is 0.295 e. The Hall–Kier alpha value is -1.82. The number of carbonyl (C=O) groups excluding carboxylic acids is 1. The third kappa shape index (κ3) is 3.82. The van der Waals surface area contributed by atoms with E-state index in [9.17, 15) is 4.79 Å². The molecule has 2 heterocycles. The monoisotopic (exact) mass is 276 g/mol. The second kappa shape index (κ2) is 6.38. The topological polar surface area (TPSA) is 67.8 Å². The number of nitrogens with zero attached hydrogens (tertiary/aromatic N) is 3. The highest BCUT2D eigenvalue weighted by molar-refractivity contribution is 7.15. The number of aryl methyl sites for hydroxylation is 2. The first-order valence-corrected chi connectivity index (χ1v) is 7.08. The average Bonchev–Trinajstić information content (AvgIpc) is 2.84. The third-order valence-electron chi connectivity index (χ3n) is 2.55. The number of hydrogen-bond acceptors (Lipinski definition) is 5. The maximum absolute atomic E-state index is 12.0. The minimum atomic E-state index is -0.248. The number of nitrogens with one attached hydrogen (secondary N) is 1. The van der Waals surface area contributed by atoms with E-state index in [-0.39, 0.29) is 5.91 Å². The predicted molar refractivity (Wildman–Crippen MR) is 75.4 cm³/mol. The van der Waals surface area contributed by atoms with Gasteiger partial charge in [-0.1, -0.05) is 30.7 Å². The molecule has 100 valence electrons. The van der Waals surface area contributed by atoms with Crippen LogP contribution in [0.4, 0.5) is 5.13 Å². The van der Waals surface area contributed by atoms with Crippen LogP contribution in [0, 0.1) is 6.92 Å². The lowest BCUT2D eigenvalue weighted by Gasteiger charge is -2.00. The second-order valence-corrected chi connectivity index (χ2v) is 5.28. The van der Waals surface area contributed by atoms with Gasteiger partial charge >= 0.3 is 0 Å². The van der Waals surface area contributed by atoms with Crippen LogP contribution in [0.3, 0.4) is 0 Å². The minimum Gasteiger partial charge on any atom is -0.295 e. The standard InChI is InChI=1S/C13H16N4OS/c1-3-4-8-11-16-17-13(19-11)15-12(18)10-7-5-6-9(2)14-10/h5-7H,3-4,8H2,1-2H3,(H,15,17,18). The molecular weight excluding hydrogens is 260 g/mol. The van der Waals surface area contributed by atoms with Gasteiger partial charge in [0.1, 0.15) is 10.7 Å². The number of amides is 1. The number of carbonyl (C=O) groups is 1. The van der Waals surface area contributed by atoms with Crippen molar-refractivity contribution in [3.05, 3.63) is 34.6 Å².